The Hall–Kier alpha value is -2.02. The van der Waals surface area contributed by atoms with E-state index in [0.29, 0.717) is 12.8 Å². The summed E-state index contributed by atoms with van der Waals surface area (Å²) in [5.41, 5.74) is 0. The maximum atomic E-state index is 13.0. The van der Waals surface area contributed by atoms with Crippen molar-refractivity contribution in [1.29, 1.82) is 0 Å². The number of aliphatic hydroxyl groups excluding tert-OH is 7. The lowest BCUT2D eigenvalue weighted by Gasteiger charge is -2.42. The number of esters is 2. The van der Waals surface area contributed by atoms with Crippen LogP contribution in [0.5, 0.6) is 0 Å². The summed E-state index contributed by atoms with van der Waals surface area (Å²) in [6.07, 6.45) is 22.0. The van der Waals surface area contributed by atoms with Crippen LogP contribution in [0.15, 0.2) is 24.3 Å². The van der Waals surface area contributed by atoms with Crippen molar-refractivity contribution in [3.8, 4) is 0 Å². The molecule has 4 unspecified atom stereocenters. The first kappa shape index (κ1) is 60.1. The van der Waals surface area contributed by atoms with Crippen LogP contribution in [0.25, 0.3) is 0 Å². The molecule has 0 aromatic heterocycles. The predicted molar refractivity (Wildman–Crippen MR) is 252 cm³/mol. The molecule has 11 atom stereocenters. The molecule has 2 fully saturated rings. The molecule has 15 heteroatoms. The van der Waals surface area contributed by atoms with Gasteiger partial charge in [-0.3, -0.25) is 9.59 Å². The maximum absolute atomic E-state index is 13.0. The molecular formula is C51H92O15. The van der Waals surface area contributed by atoms with Crippen LogP contribution in [0, 0.1) is 0 Å². The van der Waals surface area contributed by atoms with E-state index in [9.17, 15) is 45.3 Å². The summed E-state index contributed by atoms with van der Waals surface area (Å²) < 4.78 is 33.6. The highest BCUT2D eigenvalue weighted by Crippen LogP contribution is 2.26. The van der Waals surface area contributed by atoms with Gasteiger partial charge in [-0.2, -0.15) is 0 Å². The van der Waals surface area contributed by atoms with Crippen molar-refractivity contribution >= 4 is 11.9 Å². The van der Waals surface area contributed by atoms with Crippen molar-refractivity contribution in [2.24, 2.45) is 0 Å². The van der Waals surface area contributed by atoms with Gasteiger partial charge in [0.15, 0.2) is 18.7 Å². The number of rotatable bonds is 40. The molecule has 0 spiro atoms. The van der Waals surface area contributed by atoms with Crippen molar-refractivity contribution in [2.75, 3.05) is 26.4 Å². The highest BCUT2D eigenvalue weighted by molar-refractivity contribution is 5.70. The average Bonchev–Trinajstić information content (AvgIpc) is 3.31. The highest BCUT2D eigenvalue weighted by Gasteiger charge is 2.47. The Balaban J connectivity index is 1.81. The topological polar surface area (TPSA) is 231 Å². The number of carbonyl (C=O) groups excluding carboxylic acids is 2. The van der Waals surface area contributed by atoms with Gasteiger partial charge in [0.25, 0.3) is 0 Å². The Morgan fingerprint density at radius 3 is 1.44 bits per heavy atom. The lowest BCUT2D eigenvalue weighted by Crippen LogP contribution is -2.61. The van der Waals surface area contributed by atoms with Crippen molar-refractivity contribution in [3.05, 3.63) is 24.3 Å². The molecule has 2 heterocycles. The van der Waals surface area contributed by atoms with E-state index in [1.54, 1.807) is 0 Å². The largest absolute Gasteiger partial charge is 0.462 e. The van der Waals surface area contributed by atoms with E-state index in [1.165, 1.54) is 89.9 Å². The number of ether oxygens (including phenoxy) is 6. The fourth-order valence-corrected chi connectivity index (χ4v) is 8.13. The minimum Gasteiger partial charge on any atom is -0.462 e. The highest BCUT2D eigenvalue weighted by atomic mass is 16.7. The summed E-state index contributed by atoms with van der Waals surface area (Å²) in [5, 5.41) is 72.1. The van der Waals surface area contributed by atoms with Crippen LogP contribution in [0.4, 0.5) is 0 Å². The Morgan fingerprint density at radius 2 is 0.909 bits per heavy atom. The molecule has 7 N–H and O–H groups in total. The zero-order valence-electron chi connectivity index (χ0n) is 40.7. The van der Waals surface area contributed by atoms with E-state index >= 15 is 0 Å². The van der Waals surface area contributed by atoms with Gasteiger partial charge in [0, 0.05) is 12.8 Å². The SMILES string of the molecule is CCCCC/C=C/C/C=C/CCCCCCCC(=O)O[C@H](COC(=O)CCCCCCCCCCCCCCCCC)CO[C@@H]1O[C@H](CO[C@@H]2O[C@H](CO)[C@H](O)C(O)C2O)[C@H](O)C(O)C1O. The third-order valence-electron chi connectivity index (χ3n) is 12.4. The number of aliphatic hydroxyl groups is 7. The van der Waals surface area contributed by atoms with Crippen LogP contribution in [0.2, 0.25) is 0 Å². The Morgan fingerprint density at radius 1 is 0.485 bits per heavy atom. The van der Waals surface area contributed by atoms with Gasteiger partial charge in [-0.05, 0) is 44.9 Å². The molecular weight excluding hydrogens is 853 g/mol. The lowest BCUT2D eigenvalue weighted by molar-refractivity contribution is -0.332. The van der Waals surface area contributed by atoms with Gasteiger partial charge in [-0.1, -0.05) is 160 Å². The van der Waals surface area contributed by atoms with E-state index < -0.39 is 92.7 Å². The van der Waals surface area contributed by atoms with E-state index in [0.717, 1.165) is 64.2 Å². The van der Waals surface area contributed by atoms with Gasteiger partial charge in [0.05, 0.1) is 19.8 Å². The Bertz CT molecular complexity index is 1250. The lowest BCUT2D eigenvalue weighted by atomic mass is 9.98. The monoisotopic (exact) mass is 945 g/mol. The van der Waals surface area contributed by atoms with Gasteiger partial charge >= 0.3 is 11.9 Å². The normalized spacial score (nSPS) is 26.3. The van der Waals surface area contributed by atoms with Crippen LogP contribution in [0.1, 0.15) is 194 Å². The van der Waals surface area contributed by atoms with Crippen LogP contribution in [-0.4, -0.2) is 142 Å². The third-order valence-corrected chi connectivity index (χ3v) is 12.4. The molecule has 0 bridgehead atoms. The quantitative estimate of drug-likeness (QED) is 0.0184. The predicted octanol–water partition coefficient (Wildman–Crippen LogP) is 7.16. The first-order valence-corrected chi connectivity index (χ1v) is 25.9. The van der Waals surface area contributed by atoms with Crippen molar-refractivity contribution in [1.82, 2.24) is 0 Å². The second-order valence-corrected chi connectivity index (χ2v) is 18.4. The van der Waals surface area contributed by atoms with Crippen molar-refractivity contribution < 1.29 is 73.8 Å². The van der Waals surface area contributed by atoms with Crippen LogP contribution < -0.4 is 0 Å². The fourth-order valence-electron chi connectivity index (χ4n) is 8.13. The first-order chi connectivity index (χ1) is 32.0. The molecule has 0 amide bonds. The van der Waals surface area contributed by atoms with Crippen LogP contribution >= 0.6 is 0 Å². The summed E-state index contributed by atoms with van der Waals surface area (Å²) >= 11 is 0. The molecule has 0 saturated carbocycles. The minimum absolute atomic E-state index is 0.152. The molecule has 0 aromatic rings. The number of carbonyl (C=O) groups is 2. The molecule has 66 heavy (non-hydrogen) atoms. The van der Waals surface area contributed by atoms with Crippen molar-refractivity contribution in [3.63, 3.8) is 0 Å². The van der Waals surface area contributed by atoms with Gasteiger partial charge in [-0.15, -0.1) is 0 Å². The fraction of sp³-hybridized carbons (Fsp3) is 0.882. The smallest absolute Gasteiger partial charge is 0.306 e. The molecule has 0 aliphatic carbocycles. The number of unbranched alkanes of at least 4 members (excludes halogenated alkanes) is 22. The van der Waals surface area contributed by atoms with E-state index in [4.69, 9.17) is 28.4 Å². The number of hydrogen-bond acceptors (Lipinski definition) is 15. The molecule has 386 valence electrons. The number of allylic oxidation sites excluding steroid dienone is 4. The zero-order valence-corrected chi connectivity index (χ0v) is 40.7. The van der Waals surface area contributed by atoms with Crippen LogP contribution in [-0.2, 0) is 38.0 Å². The van der Waals surface area contributed by atoms with Gasteiger partial charge in [0.2, 0.25) is 0 Å². The minimum atomic E-state index is -1.76. The van der Waals surface area contributed by atoms with E-state index in [1.807, 2.05) is 0 Å². The van der Waals surface area contributed by atoms with Gasteiger partial charge in [-0.25, -0.2) is 0 Å². The molecule has 15 nitrogen and oxygen atoms in total. The third kappa shape index (κ3) is 26.7. The number of hydrogen-bond donors (Lipinski definition) is 7. The zero-order chi connectivity index (χ0) is 48.2. The Labute approximate surface area is 396 Å². The van der Waals surface area contributed by atoms with Gasteiger partial charge < -0.3 is 64.2 Å². The summed E-state index contributed by atoms with van der Waals surface area (Å²) in [6, 6.07) is 0. The van der Waals surface area contributed by atoms with Crippen LogP contribution in [0.3, 0.4) is 0 Å². The summed E-state index contributed by atoms with van der Waals surface area (Å²) in [7, 11) is 0. The second kappa shape index (κ2) is 38.8. The van der Waals surface area contributed by atoms with E-state index in [2.05, 4.69) is 38.2 Å². The molecule has 0 radical (unpaired) electrons. The summed E-state index contributed by atoms with van der Waals surface area (Å²) in [4.78, 5) is 25.7. The molecule has 2 aliphatic heterocycles. The summed E-state index contributed by atoms with van der Waals surface area (Å²) in [5.74, 6) is -0.934. The second-order valence-electron chi connectivity index (χ2n) is 18.4. The maximum Gasteiger partial charge on any atom is 0.306 e. The average molecular weight is 945 g/mol. The Kier molecular flexibility index (Phi) is 35.3. The van der Waals surface area contributed by atoms with Crippen molar-refractivity contribution in [2.45, 2.75) is 261 Å². The van der Waals surface area contributed by atoms with E-state index in [-0.39, 0.29) is 26.1 Å². The molecule has 2 rings (SSSR count). The molecule has 2 saturated heterocycles. The van der Waals surface area contributed by atoms with Gasteiger partial charge in [0.1, 0.15) is 55.4 Å². The molecule has 2 aliphatic rings. The summed E-state index contributed by atoms with van der Waals surface area (Å²) in [6.45, 7) is 2.56. The standard InChI is InChI=1S/C51H92O15/c1-3-5-7-9-11-13-15-17-19-21-23-25-27-29-31-33-42(53)61-36-39(64-43(54)34-32-30-28-26-24-22-20-18-16-14-12-10-8-6-4-2)37-62-50-49(60)47(58)45(56)41(66-50)38-63-51-48(59)46(57)44(55)40(35-52)65-51/h12,14,18,20,39-41,44-52,55-60H,3-11,13,15-17,19,21-38H2,1-2H3/b14-12+,20-18+/t39-,40-,41-,44+,45+,46?,47?,48?,49?,50-,51-/m1/s1. The first-order valence-electron chi connectivity index (χ1n) is 25.9. The molecule has 0 aromatic carbocycles.